The summed E-state index contributed by atoms with van der Waals surface area (Å²) in [4.78, 5) is 18.7. The third-order valence-corrected chi connectivity index (χ3v) is 4.03. The van der Waals surface area contributed by atoms with E-state index in [0.717, 1.165) is 22.2 Å². The Bertz CT molecular complexity index is 852. The molecule has 0 saturated heterocycles. The van der Waals surface area contributed by atoms with Crippen molar-refractivity contribution in [1.29, 1.82) is 0 Å². The van der Waals surface area contributed by atoms with Gasteiger partial charge in [-0.05, 0) is 36.2 Å². The van der Waals surface area contributed by atoms with Gasteiger partial charge in [0, 0.05) is 13.1 Å². The van der Waals surface area contributed by atoms with Crippen LogP contribution in [0.15, 0.2) is 46.9 Å². The smallest absolute Gasteiger partial charge is 0.338 e. The molecule has 0 fully saturated rings. The van der Waals surface area contributed by atoms with E-state index < -0.39 is 0 Å². The summed E-state index contributed by atoms with van der Waals surface area (Å²) in [5.41, 5.74) is 4.34. The maximum absolute atomic E-state index is 12.1. The average molecular weight is 308 g/mol. The zero-order valence-electron chi connectivity index (χ0n) is 12.8. The first-order valence-corrected chi connectivity index (χ1v) is 7.64. The van der Waals surface area contributed by atoms with Gasteiger partial charge in [0.05, 0.1) is 12.2 Å². The number of anilines is 1. The Morgan fingerprint density at radius 2 is 2.09 bits per heavy atom. The molecule has 0 aliphatic carbocycles. The van der Waals surface area contributed by atoms with Crippen molar-refractivity contribution in [1.82, 2.24) is 4.98 Å². The molecule has 5 heteroatoms. The predicted octanol–water partition coefficient (Wildman–Crippen LogP) is 3.52. The van der Waals surface area contributed by atoms with Crippen LogP contribution >= 0.6 is 0 Å². The molecule has 1 aromatic heterocycles. The topological polar surface area (TPSA) is 55.6 Å². The number of para-hydroxylation sites is 2. The molecular formula is C18H16N2O3. The summed E-state index contributed by atoms with van der Waals surface area (Å²) in [5, 5.41) is 0. The van der Waals surface area contributed by atoms with Gasteiger partial charge in [-0.2, -0.15) is 4.98 Å². The van der Waals surface area contributed by atoms with Crippen molar-refractivity contribution in [2.24, 2.45) is 0 Å². The van der Waals surface area contributed by atoms with E-state index >= 15 is 0 Å². The monoisotopic (exact) mass is 308 g/mol. The van der Waals surface area contributed by atoms with Crippen molar-refractivity contribution in [3.8, 4) is 0 Å². The molecule has 0 saturated carbocycles. The molecule has 0 N–H and O–H groups in total. The number of benzene rings is 2. The first kappa shape index (κ1) is 13.8. The van der Waals surface area contributed by atoms with Gasteiger partial charge in [-0.1, -0.05) is 24.3 Å². The molecule has 23 heavy (non-hydrogen) atoms. The predicted molar refractivity (Wildman–Crippen MR) is 86.3 cm³/mol. The summed E-state index contributed by atoms with van der Waals surface area (Å²) in [7, 11) is 0. The summed E-state index contributed by atoms with van der Waals surface area (Å²) in [5.74, 6) is -0.274. The number of hydrogen-bond acceptors (Lipinski definition) is 5. The first-order valence-electron chi connectivity index (χ1n) is 7.64. The van der Waals surface area contributed by atoms with Crippen LogP contribution < -0.4 is 4.90 Å². The maximum Gasteiger partial charge on any atom is 0.338 e. The third-order valence-electron chi connectivity index (χ3n) is 4.03. The summed E-state index contributed by atoms with van der Waals surface area (Å²) >= 11 is 0. The number of nitrogens with zero attached hydrogens (tertiary/aromatic N) is 2. The highest BCUT2D eigenvalue weighted by molar-refractivity contribution is 5.92. The fraction of sp³-hybridized carbons (Fsp3) is 0.222. The van der Waals surface area contributed by atoms with Crippen molar-refractivity contribution in [2.45, 2.75) is 20.0 Å². The molecule has 0 unspecified atom stereocenters. The molecule has 2 aromatic carbocycles. The summed E-state index contributed by atoms with van der Waals surface area (Å²) < 4.78 is 11.0. The van der Waals surface area contributed by atoms with Crippen LogP contribution in [0.1, 0.15) is 28.4 Å². The normalized spacial score (nSPS) is 13.3. The highest BCUT2D eigenvalue weighted by Gasteiger charge is 2.27. The zero-order valence-corrected chi connectivity index (χ0v) is 12.8. The fourth-order valence-electron chi connectivity index (χ4n) is 2.95. The van der Waals surface area contributed by atoms with Crippen LogP contribution in [0.25, 0.3) is 11.1 Å². The van der Waals surface area contributed by atoms with E-state index in [1.807, 2.05) is 54.3 Å². The maximum atomic E-state index is 12.1. The molecular weight excluding hydrogens is 292 g/mol. The Morgan fingerprint density at radius 3 is 2.91 bits per heavy atom. The number of oxazole rings is 1. The molecule has 0 amide bonds. The van der Waals surface area contributed by atoms with Crippen molar-refractivity contribution >= 4 is 23.1 Å². The number of carbonyl (C=O) groups excluding carboxylic acids is 1. The minimum absolute atomic E-state index is 0.274. The molecule has 0 spiro atoms. The molecule has 2 heterocycles. The Balaban J connectivity index is 1.67. The van der Waals surface area contributed by atoms with E-state index in [4.69, 9.17) is 9.15 Å². The van der Waals surface area contributed by atoms with Crippen LogP contribution in [0, 0.1) is 0 Å². The Kier molecular flexibility index (Phi) is 3.26. The second-order valence-electron chi connectivity index (χ2n) is 5.48. The Morgan fingerprint density at radius 1 is 1.22 bits per heavy atom. The molecule has 5 nitrogen and oxygen atoms in total. The van der Waals surface area contributed by atoms with Crippen LogP contribution in [-0.4, -0.2) is 17.6 Å². The molecule has 0 atom stereocenters. The molecule has 1 aliphatic heterocycles. The van der Waals surface area contributed by atoms with Crippen LogP contribution in [0.2, 0.25) is 0 Å². The van der Waals surface area contributed by atoms with E-state index in [1.165, 1.54) is 0 Å². The molecule has 0 bridgehead atoms. The van der Waals surface area contributed by atoms with Gasteiger partial charge in [-0.3, -0.25) is 0 Å². The van der Waals surface area contributed by atoms with Crippen LogP contribution in [0.4, 0.5) is 6.01 Å². The van der Waals surface area contributed by atoms with Crippen molar-refractivity contribution < 1.29 is 13.9 Å². The number of aromatic nitrogens is 1. The number of esters is 1. The average Bonchev–Trinajstić information content (AvgIpc) is 3.18. The number of hydrogen-bond donors (Lipinski definition) is 0. The van der Waals surface area contributed by atoms with Gasteiger partial charge in [0.15, 0.2) is 5.58 Å². The third kappa shape index (κ3) is 2.34. The summed E-state index contributed by atoms with van der Waals surface area (Å²) in [6.45, 7) is 3.45. The molecule has 1 aliphatic rings. The lowest BCUT2D eigenvalue weighted by Gasteiger charge is -2.11. The molecule has 3 aromatic rings. The standard InChI is InChI=1S/C18H16N2O3/c1-2-22-17(21)13-7-5-6-12-10-20(11-14(12)13)18-19-15-8-3-4-9-16(15)23-18/h3-9H,2,10-11H2,1H3. The second kappa shape index (κ2) is 5.43. The lowest BCUT2D eigenvalue weighted by Crippen LogP contribution is -2.15. The van der Waals surface area contributed by atoms with Gasteiger partial charge in [-0.15, -0.1) is 0 Å². The van der Waals surface area contributed by atoms with Gasteiger partial charge < -0.3 is 14.1 Å². The highest BCUT2D eigenvalue weighted by atomic mass is 16.5. The van der Waals surface area contributed by atoms with Crippen LogP contribution in [-0.2, 0) is 17.8 Å². The minimum Gasteiger partial charge on any atom is -0.462 e. The van der Waals surface area contributed by atoms with Gasteiger partial charge in [0.25, 0.3) is 6.01 Å². The van der Waals surface area contributed by atoms with Gasteiger partial charge in [0.1, 0.15) is 5.52 Å². The van der Waals surface area contributed by atoms with Gasteiger partial charge in [0.2, 0.25) is 0 Å². The van der Waals surface area contributed by atoms with E-state index in [2.05, 4.69) is 4.98 Å². The first-order chi connectivity index (χ1) is 11.3. The van der Waals surface area contributed by atoms with Crippen LogP contribution in [0.5, 0.6) is 0 Å². The summed E-state index contributed by atoms with van der Waals surface area (Å²) in [6, 6.07) is 14.0. The van der Waals surface area contributed by atoms with Gasteiger partial charge in [-0.25, -0.2) is 4.79 Å². The lowest BCUT2D eigenvalue weighted by atomic mass is 10.0. The largest absolute Gasteiger partial charge is 0.462 e. The molecule has 4 rings (SSSR count). The fourth-order valence-corrected chi connectivity index (χ4v) is 2.95. The minimum atomic E-state index is -0.274. The van der Waals surface area contributed by atoms with Gasteiger partial charge >= 0.3 is 5.97 Å². The number of ether oxygens (including phenoxy) is 1. The van der Waals surface area contributed by atoms with E-state index in [0.29, 0.717) is 31.3 Å². The number of fused-ring (bicyclic) bond motifs is 2. The number of carbonyl (C=O) groups is 1. The molecule has 116 valence electrons. The Labute approximate surface area is 133 Å². The zero-order chi connectivity index (χ0) is 15.8. The van der Waals surface area contributed by atoms with E-state index in [1.54, 1.807) is 0 Å². The second-order valence-corrected chi connectivity index (χ2v) is 5.48. The van der Waals surface area contributed by atoms with E-state index in [-0.39, 0.29) is 5.97 Å². The lowest BCUT2D eigenvalue weighted by molar-refractivity contribution is 0.0525. The highest BCUT2D eigenvalue weighted by Crippen LogP contribution is 2.32. The van der Waals surface area contributed by atoms with Crippen molar-refractivity contribution in [2.75, 3.05) is 11.5 Å². The number of rotatable bonds is 3. The SMILES string of the molecule is CCOC(=O)c1cccc2c1CN(c1nc3ccccc3o1)C2. The quantitative estimate of drug-likeness (QED) is 0.693. The van der Waals surface area contributed by atoms with Crippen molar-refractivity contribution in [3.05, 3.63) is 59.2 Å². The van der Waals surface area contributed by atoms with Crippen LogP contribution in [0.3, 0.4) is 0 Å². The Hall–Kier alpha value is -2.82. The van der Waals surface area contributed by atoms with E-state index in [9.17, 15) is 4.79 Å². The summed E-state index contributed by atoms with van der Waals surface area (Å²) in [6.07, 6.45) is 0. The molecule has 0 radical (unpaired) electrons. The van der Waals surface area contributed by atoms with Crippen molar-refractivity contribution in [3.63, 3.8) is 0 Å².